The molecule has 6 nitrogen and oxygen atoms in total. The number of rotatable bonds is 3. The lowest BCUT2D eigenvalue weighted by Gasteiger charge is -1.80. The van der Waals surface area contributed by atoms with Crippen LogP contribution in [0.15, 0.2) is 0 Å². The van der Waals surface area contributed by atoms with Gasteiger partial charge < -0.3 is 10.2 Å². The van der Waals surface area contributed by atoms with E-state index in [0.29, 0.717) is 0 Å². The van der Waals surface area contributed by atoms with Crippen LogP contribution >= 0.6 is 0 Å². The molecule has 0 atom stereocenters. The van der Waals surface area contributed by atoms with Crippen molar-refractivity contribution in [1.29, 1.82) is 5.26 Å². The summed E-state index contributed by atoms with van der Waals surface area (Å²) in [5, 5.41) is 23.2. The van der Waals surface area contributed by atoms with Crippen molar-refractivity contribution in [1.82, 2.24) is 0 Å². The monoisotopic (exact) mass is 187 g/mol. The van der Waals surface area contributed by atoms with Gasteiger partial charge in [0, 0.05) is 0 Å². The zero-order valence-corrected chi connectivity index (χ0v) is 6.98. The average Bonchev–Trinajstić information content (AvgIpc) is 1.83. The molecule has 0 fully saturated rings. The third-order valence-electron chi connectivity index (χ3n) is 0.630. The fourth-order valence-corrected chi connectivity index (χ4v) is 0.281. The predicted octanol–water partition coefficient (Wildman–Crippen LogP) is 0.0348. The highest BCUT2D eigenvalue weighted by atomic mass is 16.4. The van der Waals surface area contributed by atoms with Crippen LogP contribution in [-0.2, 0) is 14.4 Å². The summed E-state index contributed by atoms with van der Waals surface area (Å²) < 4.78 is 0. The maximum atomic E-state index is 9.87. The Morgan fingerprint density at radius 3 is 1.69 bits per heavy atom. The number of nitrogens with zero attached hydrogens (tertiary/aromatic N) is 1. The molecule has 6 heteroatoms. The minimum atomic E-state index is -1.07. The second-order valence-electron chi connectivity index (χ2n) is 2.00. The van der Waals surface area contributed by atoms with Gasteiger partial charge in [-0.05, 0) is 6.92 Å². The number of hydrogen-bond donors (Lipinski definition) is 2. The number of carboxylic acids is 2. The van der Waals surface area contributed by atoms with Crippen LogP contribution in [0.3, 0.4) is 0 Å². The molecule has 0 aromatic rings. The highest BCUT2D eigenvalue weighted by Crippen LogP contribution is 1.77. The highest BCUT2D eigenvalue weighted by Gasteiger charge is 1.98. The summed E-state index contributed by atoms with van der Waals surface area (Å²) in [5.74, 6) is -2.45. The normalized spacial score (nSPS) is 7.38. The molecular formula is C7H9NO5. The quantitative estimate of drug-likeness (QED) is 0.602. The van der Waals surface area contributed by atoms with E-state index < -0.39 is 18.4 Å². The number of nitriles is 1. The standard InChI is InChI=1S/C4H6O3.C3H3NO2/c1-3(5)2-4(6)7;4-2-1-3(5)6/h2H2,1H3,(H,6,7);1H2,(H,5,6). The summed E-state index contributed by atoms with van der Waals surface area (Å²) in [5.41, 5.74) is 0. The van der Waals surface area contributed by atoms with E-state index in [0.717, 1.165) is 0 Å². The Morgan fingerprint density at radius 2 is 1.69 bits per heavy atom. The Kier molecular flexibility index (Phi) is 8.62. The molecule has 0 amide bonds. The van der Waals surface area contributed by atoms with Gasteiger partial charge in [0.25, 0.3) is 0 Å². The van der Waals surface area contributed by atoms with Gasteiger partial charge in [-0.1, -0.05) is 0 Å². The lowest BCUT2D eigenvalue weighted by molar-refractivity contribution is -0.140. The van der Waals surface area contributed by atoms with Crippen LogP contribution < -0.4 is 0 Å². The molecule has 72 valence electrons. The number of Topliss-reactive ketones (excluding diaryl/α,β-unsaturated/α-hetero) is 1. The largest absolute Gasteiger partial charge is 0.481 e. The molecule has 0 bridgehead atoms. The fourth-order valence-electron chi connectivity index (χ4n) is 0.281. The second kappa shape index (κ2) is 8.20. The molecule has 0 saturated heterocycles. The van der Waals surface area contributed by atoms with Crippen molar-refractivity contribution in [2.75, 3.05) is 0 Å². The van der Waals surface area contributed by atoms with Gasteiger partial charge in [-0.2, -0.15) is 5.26 Å². The SMILES string of the molecule is CC(=O)CC(=O)O.N#CCC(=O)O. The lowest BCUT2D eigenvalue weighted by Crippen LogP contribution is -2.00. The number of ketones is 1. The molecule has 0 aromatic heterocycles. The molecule has 0 aliphatic rings. The second-order valence-corrected chi connectivity index (χ2v) is 2.00. The third-order valence-corrected chi connectivity index (χ3v) is 0.630. The molecule has 0 radical (unpaired) electrons. The van der Waals surface area contributed by atoms with Gasteiger partial charge in [0.1, 0.15) is 18.6 Å². The van der Waals surface area contributed by atoms with Crippen molar-refractivity contribution in [3.8, 4) is 6.07 Å². The maximum absolute atomic E-state index is 9.87. The summed E-state index contributed by atoms with van der Waals surface area (Å²) in [7, 11) is 0. The number of carbonyl (C=O) groups is 3. The third kappa shape index (κ3) is 25.5. The molecule has 0 unspecified atom stereocenters. The molecule has 0 rings (SSSR count). The minimum absolute atomic E-state index is 0.312. The van der Waals surface area contributed by atoms with Crippen LogP contribution in [0.25, 0.3) is 0 Å². The van der Waals surface area contributed by atoms with Crippen molar-refractivity contribution >= 4 is 17.7 Å². The molecule has 0 aliphatic carbocycles. The van der Waals surface area contributed by atoms with Crippen LogP contribution in [-0.4, -0.2) is 27.9 Å². The van der Waals surface area contributed by atoms with Crippen LogP contribution in [0.4, 0.5) is 0 Å². The Morgan fingerprint density at radius 1 is 1.23 bits per heavy atom. The topological polar surface area (TPSA) is 115 Å². The van der Waals surface area contributed by atoms with E-state index in [9.17, 15) is 14.4 Å². The van der Waals surface area contributed by atoms with Crippen molar-refractivity contribution in [3.63, 3.8) is 0 Å². The molecular weight excluding hydrogens is 178 g/mol. The molecule has 0 aliphatic heterocycles. The summed E-state index contributed by atoms with van der Waals surface area (Å²) in [6, 6.07) is 1.47. The van der Waals surface area contributed by atoms with Crippen LogP contribution in [0.5, 0.6) is 0 Å². The van der Waals surface area contributed by atoms with Gasteiger partial charge in [-0.25, -0.2) is 0 Å². The summed E-state index contributed by atoms with van der Waals surface area (Å²) in [6.07, 6.45) is -0.764. The van der Waals surface area contributed by atoms with Crippen molar-refractivity contribution < 1.29 is 24.6 Å². The molecule has 13 heavy (non-hydrogen) atoms. The van der Waals surface area contributed by atoms with E-state index in [1.54, 1.807) is 0 Å². The molecule has 0 aromatic carbocycles. The Labute approximate surface area is 74.4 Å². The molecule has 0 heterocycles. The first-order valence-corrected chi connectivity index (χ1v) is 3.20. The van der Waals surface area contributed by atoms with Gasteiger partial charge in [0.05, 0.1) is 6.07 Å². The van der Waals surface area contributed by atoms with Gasteiger partial charge >= 0.3 is 11.9 Å². The predicted molar refractivity (Wildman–Crippen MR) is 40.8 cm³/mol. The Bertz CT molecular complexity index is 228. The number of carbonyl (C=O) groups excluding carboxylic acids is 1. The van der Waals surface area contributed by atoms with Gasteiger partial charge in [0.15, 0.2) is 0 Å². The Balaban J connectivity index is 0. The van der Waals surface area contributed by atoms with Gasteiger partial charge in [-0.3, -0.25) is 14.4 Å². The van der Waals surface area contributed by atoms with E-state index in [4.69, 9.17) is 15.5 Å². The van der Waals surface area contributed by atoms with Crippen LogP contribution in [0.2, 0.25) is 0 Å². The zero-order valence-electron chi connectivity index (χ0n) is 6.98. The number of carboxylic acid groups (broad SMARTS) is 2. The zero-order chi connectivity index (χ0) is 10.9. The lowest BCUT2D eigenvalue weighted by atomic mass is 10.3. The first-order valence-electron chi connectivity index (χ1n) is 3.20. The summed E-state index contributed by atoms with van der Waals surface area (Å²) in [6.45, 7) is 1.24. The van der Waals surface area contributed by atoms with Crippen molar-refractivity contribution in [2.45, 2.75) is 19.8 Å². The van der Waals surface area contributed by atoms with E-state index in [1.807, 2.05) is 0 Å². The van der Waals surface area contributed by atoms with Crippen molar-refractivity contribution in [2.24, 2.45) is 0 Å². The van der Waals surface area contributed by atoms with E-state index in [1.165, 1.54) is 13.0 Å². The summed E-state index contributed by atoms with van der Waals surface area (Å²) >= 11 is 0. The Hall–Kier alpha value is -1.90. The first-order chi connectivity index (χ1) is 5.90. The van der Waals surface area contributed by atoms with Crippen molar-refractivity contribution in [3.05, 3.63) is 0 Å². The number of aliphatic carboxylic acids is 2. The van der Waals surface area contributed by atoms with Crippen LogP contribution in [0, 0.1) is 11.3 Å². The van der Waals surface area contributed by atoms with Gasteiger partial charge in [0.2, 0.25) is 0 Å². The first kappa shape index (κ1) is 13.7. The van der Waals surface area contributed by atoms with Gasteiger partial charge in [-0.15, -0.1) is 0 Å². The average molecular weight is 187 g/mol. The maximum Gasteiger partial charge on any atom is 0.317 e. The minimum Gasteiger partial charge on any atom is -0.481 e. The van der Waals surface area contributed by atoms with Crippen LogP contribution in [0.1, 0.15) is 19.8 Å². The van der Waals surface area contributed by atoms with E-state index in [2.05, 4.69) is 0 Å². The molecule has 2 N–H and O–H groups in total. The fraction of sp³-hybridized carbons (Fsp3) is 0.429. The smallest absolute Gasteiger partial charge is 0.317 e. The number of hydrogen-bond acceptors (Lipinski definition) is 4. The van der Waals surface area contributed by atoms with E-state index in [-0.39, 0.29) is 12.2 Å². The van der Waals surface area contributed by atoms with E-state index >= 15 is 0 Å². The summed E-state index contributed by atoms with van der Waals surface area (Å²) in [4.78, 5) is 28.8. The highest BCUT2D eigenvalue weighted by molar-refractivity contribution is 5.93. The molecule has 0 saturated carbocycles. The molecule has 0 spiro atoms.